The van der Waals surface area contributed by atoms with Crippen molar-refractivity contribution in [1.29, 1.82) is 0 Å². The van der Waals surface area contributed by atoms with Crippen LogP contribution < -0.4 is 10.5 Å². The van der Waals surface area contributed by atoms with E-state index in [2.05, 4.69) is 4.72 Å². The first kappa shape index (κ1) is 13.3. The minimum absolute atomic E-state index is 0.209. The van der Waals surface area contributed by atoms with Gasteiger partial charge in [-0.2, -0.15) is 0 Å². The van der Waals surface area contributed by atoms with Crippen molar-refractivity contribution < 1.29 is 12.8 Å². The highest BCUT2D eigenvalue weighted by Crippen LogP contribution is 2.29. The molecule has 6 heteroatoms. The second-order valence-electron chi connectivity index (χ2n) is 4.67. The number of hydrogen-bond acceptors (Lipinski definition) is 3. The first-order chi connectivity index (χ1) is 8.49. The average Bonchev–Trinajstić information content (AvgIpc) is 2.21. The van der Waals surface area contributed by atoms with Crippen molar-refractivity contribution in [1.82, 2.24) is 4.72 Å². The molecule has 0 atom stereocenters. The predicted octanol–water partition coefficient (Wildman–Crippen LogP) is 1.88. The van der Waals surface area contributed by atoms with E-state index in [1.165, 1.54) is 18.6 Å². The van der Waals surface area contributed by atoms with Gasteiger partial charge >= 0.3 is 0 Å². The Bertz CT molecular complexity index is 527. The molecule has 0 spiro atoms. The number of nitrogen functional groups attached to an aromatic ring is 1. The lowest BCUT2D eigenvalue weighted by molar-refractivity contribution is 0.297. The number of nitrogens with one attached hydrogen (secondary N) is 1. The Labute approximate surface area is 106 Å². The van der Waals surface area contributed by atoms with Crippen LogP contribution in [0.25, 0.3) is 0 Å². The molecule has 1 fully saturated rings. The third-order valence-corrected chi connectivity index (χ3v) is 4.81. The summed E-state index contributed by atoms with van der Waals surface area (Å²) in [7, 11) is -3.77. The van der Waals surface area contributed by atoms with Gasteiger partial charge in [0.1, 0.15) is 10.7 Å². The Morgan fingerprint density at radius 1 is 1.39 bits per heavy atom. The normalized spacial score (nSPS) is 16.5. The van der Waals surface area contributed by atoms with Crippen molar-refractivity contribution >= 4 is 15.7 Å². The van der Waals surface area contributed by atoms with E-state index in [0.29, 0.717) is 12.5 Å². The van der Waals surface area contributed by atoms with Crippen LogP contribution in [0.15, 0.2) is 23.1 Å². The maximum atomic E-state index is 13.5. The monoisotopic (exact) mass is 272 g/mol. The Balaban J connectivity index is 2.00. The Morgan fingerprint density at radius 3 is 2.67 bits per heavy atom. The van der Waals surface area contributed by atoms with Crippen LogP contribution in [0, 0.1) is 11.7 Å². The van der Waals surface area contributed by atoms with E-state index in [1.54, 1.807) is 0 Å². The van der Waals surface area contributed by atoms with Crippen LogP contribution in [-0.2, 0) is 10.0 Å². The number of anilines is 1. The first-order valence-corrected chi connectivity index (χ1v) is 7.52. The molecule has 18 heavy (non-hydrogen) atoms. The predicted molar refractivity (Wildman–Crippen MR) is 68.0 cm³/mol. The molecule has 1 aliphatic carbocycles. The van der Waals surface area contributed by atoms with Crippen LogP contribution in [0.3, 0.4) is 0 Å². The molecule has 1 aromatic carbocycles. The van der Waals surface area contributed by atoms with Crippen LogP contribution in [0.4, 0.5) is 10.1 Å². The lowest BCUT2D eigenvalue weighted by atomic mass is 9.83. The van der Waals surface area contributed by atoms with Gasteiger partial charge in [-0.25, -0.2) is 17.5 Å². The van der Waals surface area contributed by atoms with Crippen LogP contribution in [-0.4, -0.2) is 15.0 Å². The van der Waals surface area contributed by atoms with Crippen molar-refractivity contribution in [3.63, 3.8) is 0 Å². The molecule has 1 saturated carbocycles. The van der Waals surface area contributed by atoms with Gasteiger partial charge in [-0.15, -0.1) is 0 Å². The van der Waals surface area contributed by atoms with E-state index >= 15 is 0 Å². The summed E-state index contributed by atoms with van der Waals surface area (Å²) in [5.74, 6) is -0.199. The highest BCUT2D eigenvalue weighted by molar-refractivity contribution is 7.89. The van der Waals surface area contributed by atoms with Gasteiger partial charge in [0.15, 0.2) is 0 Å². The summed E-state index contributed by atoms with van der Waals surface area (Å²) in [6.07, 6.45) is 4.37. The molecular formula is C12H17FN2O2S. The highest BCUT2D eigenvalue weighted by Gasteiger charge is 2.21. The number of rotatable bonds is 5. The van der Waals surface area contributed by atoms with Gasteiger partial charge < -0.3 is 5.73 Å². The largest absolute Gasteiger partial charge is 0.399 e. The molecule has 0 unspecified atom stereocenters. The molecule has 0 amide bonds. The van der Waals surface area contributed by atoms with E-state index in [4.69, 9.17) is 5.73 Å². The number of benzene rings is 1. The molecule has 0 aromatic heterocycles. The van der Waals surface area contributed by atoms with Gasteiger partial charge in [0.25, 0.3) is 0 Å². The van der Waals surface area contributed by atoms with Crippen molar-refractivity contribution in [2.45, 2.75) is 30.6 Å². The van der Waals surface area contributed by atoms with Crippen molar-refractivity contribution in [3.8, 4) is 0 Å². The van der Waals surface area contributed by atoms with E-state index in [0.717, 1.165) is 25.3 Å². The second kappa shape index (κ2) is 5.24. The van der Waals surface area contributed by atoms with Crippen LogP contribution in [0.1, 0.15) is 25.7 Å². The molecule has 0 radical (unpaired) electrons. The molecule has 4 nitrogen and oxygen atoms in total. The molecule has 1 aliphatic rings. The fourth-order valence-corrected chi connectivity index (χ4v) is 3.10. The molecule has 0 aliphatic heterocycles. The van der Waals surface area contributed by atoms with Crippen molar-refractivity contribution in [3.05, 3.63) is 24.0 Å². The van der Waals surface area contributed by atoms with E-state index in [-0.39, 0.29) is 10.6 Å². The summed E-state index contributed by atoms with van der Waals surface area (Å²) in [6.45, 7) is 0.358. The zero-order chi connectivity index (χ0) is 13.2. The Hall–Kier alpha value is -1.14. The summed E-state index contributed by atoms with van der Waals surface area (Å²) < 4.78 is 39.7. The summed E-state index contributed by atoms with van der Waals surface area (Å²) >= 11 is 0. The highest BCUT2D eigenvalue weighted by atomic mass is 32.2. The Morgan fingerprint density at radius 2 is 2.11 bits per heavy atom. The third-order valence-electron chi connectivity index (χ3n) is 3.31. The fraction of sp³-hybridized carbons (Fsp3) is 0.500. The number of hydrogen-bond donors (Lipinski definition) is 2. The van der Waals surface area contributed by atoms with Gasteiger partial charge in [-0.3, -0.25) is 0 Å². The van der Waals surface area contributed by atoms with Gasteiger partial charge in [0.05, 0.1) is 0 Å². The molecule has 2 rings (SSSR count). The summed E-state index contributed by atoms with van der Waals surface area (Å²) in [4.78, 5) is -0.342. The van der Waals surface area contributed by atoms with Gasteiger partial charge in [0, 0.05) is 12.2 Å². The van der Waals surface area contributed by atoms with Crippen LogP contribution in [0.5, 0.6) is 0 Å². The maximum absolute atomic E-state index is 13.5. The maximum Gasteiger partial charge on any atom is 0.243 e. The van der Waals surface area contributed by atoms with Crippen molar-refractivity contribution in [2.24, 2.45) is 5.92 Å². The minimum atomic E-state index is -3.77. The summed E-state index contributed by atoms with van der Waals surface area (Å²) in [5.41, 5.74) is 5.59. The summed E-state index contributed by atoms with van der Waals surface area (Å²) in [6, 6.07) is 3.58. The quantitative estimate of drug-likeness (QED) is 0.804. The lowest BCUT2D eigenvalue weighted by Crippen LogP contribution is -2.28. The fourth-order valence-electron chi connectivity index (χ4n) is 1.99. The molecule has 0 heterocycles. The molecular weight excluding hydrogens is 255 g/mol. The zero-order valence-corrected chi connectivity index (χ0v) is 10.8. The standard InChI is InChI=1S/C12H17FN2O2S/c13-11-8-10(14)4-5-12(11)18(16,17)15-7-6-9-2-1-3-9/h4-5,8-9,15H,1-3,6-7,14H2. The molecule has 0 bridgehead atoms. The van der Waals surface area contributed by atoms with Crippen LogP contribution in [0.2, 0.25) is 0 Å². The van der Waals surface area contributed by atoms with Crippen LogP contribution >= 0.6 is 0 Å². The minimum Gasteiger partial charge on any atom is -0.399 e. The molecule has 100 valence electrons. The zero-order valence-electron chi connectivity index (χ0n) is 10.0. The molecule has 0 saturated heterocycles. The lowest BCUT2D eigenvalue weighted by Gasteiger charge is -2.25. The van der Waals surface area contributed by atoms with Gasteiger partial charge in [-0.1, -0.05) is 19.3 Å². The Kier molecular flexibility index (Phi) is 3.87. The number of halogens is 1. The van der Waals surface area contributed by atoms with E-state index in [1.807, 2.05) is 0 Å². The topological polar surface area (TPSA) is 72.2 Å². The number of nitrogens with two attached hydrogens (primary N) is 1. The van der Waals surface area contributed by atoms with Gasteiger partial charge in [0.2, 0.25) is 10.0 Å². The SMILES string of the molecule is Nc1ccc(S(=O)(=O)NCCC2CCC2)c(F)c1. The second-order valence-corrected chi connectivity index (χ2v) is 6.41. The van der Waals surface area contributed by atoms with Crippen molar-refractivity contribution in [2.75, 3.05) is 12.3 Å². The van der Waals surface area contributed by atoms with E-state index < -0.39 is 15.8 Å². The number of sulfonamides is 1. The molecule has 3 N–H and O–H groups in total. The first-order valence-electron chi connectivity index (χ1n) is 6.04. The summed E-state index contributed by atoms with van der Waals surface area (Å²) in [5, 5.41) is 0. The van der Waals surface area contributed by atoms with E-state index in [9.17, 15) is 12.8 Å². The van der Waals surface area contributed by atoms with Gasteiger partial charge in [-0.05, 0) is 30.5 Å². The smallest absolute Gasteiger partial charge is 0.243 e. The average molecular weight is 272 g/mol. The third kappa shape index (κ3) is 3.00. The molecule has 1 aromatic rings.